The largest absolute Gasteiger partial charge is 0.344 e. The zero-order valence-electron chi connectivity index (χ0n) is 11.2. The van der Waals surface area contributed by atoms with Crippen molar-refractivity contribution in [1.82, 2.24) is 9.97 Å². The number of aromatic nitrogens is 2. The summed E-state index contributed by atoms with van der Waals surface area (Å²) in [4.78, 5) is 11.1. The fourth-order valence-electron chi connectivity index (χ4n) is 1.84. The summed E-state index contributed by atoms with van der Waals surface area (Å²) in [6, 6.07) is 4.06. The minimum absolute atomic E-state index is 0.704. The number of anilines is 1. The standard InChI is InChI=1S/C14H20N4S/c1-2-13-11-19-14(17-13)18(8-4-6-15)10-12-5-3-7-16-9-12/h3,5,7,9,11H,2,4,6,8,10,15H2,1H3. The molecule has 2 aromatic rings. The molecule has 4 nitrogen and oxygen atoms in total. The van der Waals surface area contributed by atoms with Gasteiger partial charge in [-0.3, -0.25) is 4.98 Å². The maximum absolute atomic E-state index is 5.62. The van der Waals surface area contributed by atoms with Crippen molar-refractivity contribution in [3.63, 3.8) is 0 Å². The van der Waals surface area contributed by atoms with Crippen LogP contribution in [0.4, 0.5) is 5.13 Å². The molecular formula is C14H20N4S. The molecule has 0 radical (unpaired) electrons. The van der Waals surface area contributed by atoms with E-state index in [9.17, 15) is 0 Å². The van der Waals surface area contributed by atoms with E-state index in [2.05, 4.69) is 33.2 Å². The number of thiazole rings is 1. The molecule has 0 atom stereocenters. The van der Waals surface area contributed by atoms with Crippen LogP contribution in [0.2, 0.25) is 0 Å². The quantitative estimate of drug-likeness (QED) is 0.844. The van der Waals surface area contributed by atoms with Crippen molar-refractivity contribution in [2.24, 2.45) is 5.73 Å². The lowest BCUT2D eigenvalue weighted by molar-refractivity contribution is 0.730. The summed E-state index contributed by atoms with van der Waals surface area (Å²) in [6.45, 7) is 4.60. The Balaban J connectivity index is 2.11. The van der Waals surface area contributed by atoms with E-state index in [0.717, 1.165) is 36.8 Å². The molecule has 2 heterocycles. The van der Waals surface area contributed by atoms with Crippen molar-refractivity contribution >= 4 is 16.5 Å². The predicted molar refractivity (Wildman–Crippen MR) is 80.5 cm³/mol. The first kappa shape index (κ1) is 14.0. The molecule has 2 N–H and O–H groups in total. The highest BCUT2D eigenvalue weighted by Crippen LogP contribution is 2.22. The van der Waals surface area contributed by atoms with E-state index in [-0.39, 0.29) is 0 Å². The summed E-state index contributed by atoms with van der Waals surface area (Å²) >= 11 is 1.71. The van der Waals surface area contributed by atoms with E-state index >= 15 is 0 Å². The average Bonchev–Trinajstić information content (AvgIpc) is 2.93. The van der Waals surface area contributed by atoms with Crippen LogP contribution in [-0.4, -0.2) is 23.1 Å². The van der Waals surface area contributed by atoms with E-state index in [4.69, 9.17) is 5.73 Å². The van der Waals surface area contributed by atoms with Crippen LogP contribution in [0.5, 0.6) is 0 Å². The van der Waals surface area contributed by atoms with Gasteiger partial charge in [-0.15, -0.1) is 11.3 Å². The van der Waals surface area contributed by atoms with Crippen LogP contribution in [0, 0.1) is 0 Å². The number of hydrogen-bond acceptors (Lipinski definition) is 5. The highest BCUT2D eigenvalue weighted by Gasteiger charge is 2.11. The molecule has 2 rings (SSSR count). The highest BCUT2D eigenvalue weighted by molar-refractivity contribution is 7.13. The summed E-state index contributed by atoms with van der Waals surface area (Å²) in [5.74, 6) is 0. The number of pyridine rings is 1. The highest BCUT2D eigenvalue weighted by atomic mass is 32.1. The Morgan fingerprint density at radius 3 is 2.95 bits per heavy atom. The fourth-order valence-corrected chi connectivity index (χ4v) is 2.78. The number of rotatable bonds is 7. The number of aryl methyl sites for hydroxylation is 1. The van der Waals surface area contributed by atoms with Gasteiger partial charge in [-0.2, -0.15) is 0 Å². The van der Waals surface area contributed by atoms with E-state index in [1.54, 1.807) is 17.5 Å². The van der Waals surface area contributed by atoms with Gasteiger partial charge in [-0.25, -0.2) is 4.98 Å². The second kappa shape index (κ2) is 7.21. The third-order valence-corrected chi connectivity index (χ3v) is 3.85. The topological polar surface area (TPSA) is 55.0 Å². The molecule has 19 heavy (non-hydrogen) atoms. The SMILES string of the molecule is CCc1csc(N(CCCN)Cc2cccnc2)n1. The van der Waals surface area contributed by atoms with Crippen LogP contribution in [0.1, 0.15) is 24.6 Å². The van der Waals surface area contributed by atoms with Crippen LogP contribution in [-0.2, 0) is 13.0 Å². The van der Waals surface area contributed by atoms with Crippen LogP contribution in [0.3, 0.4) is 0 Å². The van der Waals surface area contributed by atoms with Crippen molar-refractivity contribution in [2.75, 3.05) is 18.0 Å². The Bertz CT molecular complexity index is 483. The molecule has 0 bridgehead atoms. The molecular weight excluding hydrogens is 256 g/mol. The van der Waals surface area contributed by atoms with Gasteiger partial charge in [0.15, 0.2) is 5.13 Å². The monoisotopic (exact) mass is 276 g/mol. The van der Waals surface area contributed by atoms with Crippen molar-refractivity contribution in [1.29, 1.82) is 0 Å². The smallest absolute Gasteiger partial charge is 0.185 e. The van der Waals surface area contributed by atoms with Crippen LogP contribution >= 0.6 is 11.3 Å². The Labute approximate surface area is 118 Å². The van der Waals surface area contributed by atoms with Crippen LogP contribution in [0.15, 0.2) is 29.9 Å². The third-order valence-electron chi connectivity index (χ3n) is 2.90. The Morgan fingerprint density at radius 1 is 1.42 bits per heavy atom. The van der Waals surface area contributed by atoms with Gasteiger partial charge >= 0.3 is 0 Å². The molecule has 0 saturated carbocycles. The van der Waals surface area contributed by atoms with Crippen molar-refractivity contribution < 1.29 is 0 Å². The minimum atomic E-state index is 0.704. The molecule has 0 unspecified atom stereocenters. The van der Waals surface area contributed by atoms with Crippen molar-refractivity contribution in [3.8, 4) is 0 Å². The number of hydrogen-bond donors (Lipinski definition) is 1. The molecule has 5 heteroatoms. The lowest BCUT2D eigenvalue weighted by Gasteiger charge is -2.21. The summed E-state index contributed by atoms with van der Waals surface area (Å²) in [7, 11) is 0. The molecule has 102 valence electrons. The van der Waals surface area contributed by atoms with E-state index < -0.39 is 0 Å². The van der Waals surface area contributed by atoms with E-state index in [1.165, 1.54) is 5.56 Å². The molecule has 0 aliphatic heterocycles. The van der Waals surface area contributed by atoms with E-state index in [0.29, 0.717) is 6.54 Å². The Kier molecular flexibility index (Phi) is 5.30. The van der Waals surface area contributed by atoms with Crippen LogP contribution < -0.4 is 10.6 Å². The van der Waals surface area contributed by atoms with Gasteiger partial charge in [0.2, 0.25) is 0 Å². The van der Waals surface area contributed by atoms with Gasteiger partial charge < -0.3 is 10.6 Å². The van der Waals surface area contributed by atoms with Gasteiger partial charge in [0.05, 0.1) is 5.69 Å². The molecule has 2 aromatic heterocycles. The Hall–Kier alpha value is -1.46. The number of nitrogens with zero attached hydrogens (tertiary/aromatic N) is 3. The summed E-state index contributed by atoms with van der Waals surface area (Å²) in [6.07, 6.45) is 5.66. The first-order valence-corrected chi connectivity index (χ1v) is 7.49. The Morgan fingerprint density at radius 2 is 2.32 bits per heavy atom. The molecule has 0 spiro atoms. The van der Waals surface area contributed by atoms with Crippen molar-refractivity contribution in [3.05, 3.63) is 41.2 Å². The zero-order chi connectivity index (χ0) is 13.5. The summed E-state index contributed by atoms with van der Waals surface area (Å²) in [5.41, 5.74) is 7.98. The molecule has 0 aromatic carbocycles. The minimum Gasteiger partial charge on any atom is -0.344 e. The molecule has 0 aliphatic carbocycles. The van der Waals surface area contributed by atoms with Crippen molar-refractivity contribution in [2.45, 2.75) is 26.3 Å². The van der Waals surface area contributed by atoms with Gasteiger partial charge in [-0.1, -0.05) is 13.0 Å². The zero-order valence-corrected chi connectivity index (χ0v) is 12.1. The summed E-state index contributed by atoms with van der Waals surface area (Å²) < 4.78 is 0. The summed E-state index contributed by atoms with van der Waals surface area (Å²) in [5, 5.41) is 3.21. The van der Waals surface area contributed by atoms with Gasteiger partial charge in [0.1, 0.15) is 0 Å². The second-order valence-electron chi connectivity index (χ2n) is 4.40. The maximum Gasteiger partial charge on any atom is 0.185 e. The number of nitrogens with two attached hydrogens (primary N) is 1. The molecule has 0 amide bonds. The van der Waals surface area contributed by atoms with E-state index in [1.807, 2.05) is 12.3 Å². The molecule has 0 saturated heterocycles. The lowest BCUT2D eigenvalue weighted by Crippen LogP contribution is -2.25. The maximum atomic E-state index is 5.62. The first-order valence-electron chi connectivity index (χ1n) is 6.61. The second-order valence-corrected chi connectivity index (χ2v) is 5.24. The van der Waals surface area contributed by atoms with Gasteiger partial charge in [0.25, 0.3) is 0 Å². The lowest BCUT2D eigenvalue weighted by atomic mass is 10.2. The molecule has 0 aliphatic rings. The average molecular weight is 276 g/mol. The third kappa shape index (κ3) is 4.01. The molecule has 0 fully saturated rings. The van der Waals surface area contributed by atoms with Gasteiger partial charge in [-0.05, 0) is 31.0 Å². The first-order chi connectivity index (χ1) is 9.33. The fraction of sp³-hybridized carbons (Fsp3) is 0.429. The predicted octanol–water partition coefficient (Wildman–Crippen LogP) is 2.46. The van der Waals surface area contributed by atoms with Crippen LogP contribution in [0.25, 0.3) is 0 Å². The van der Waals surface area contributed by atoms with Gasteiger partial charge in [0, 0.05) is 30.9 Å². The normalized spacial score (nSPS) is 10.6.